The molecule has 11 aromatic rings. The molecule has 310 valence electrons. The number of hydrogen-bond acceptors (Lipinski definition) is 1. The van der Waals surface area contributed by atoms with Crippen LogP contribution < -0.4 is 4.90 Å². The van der Waals surface area contributed by atoms with Crippen LogP contribution in [0, 0.1) is 0 Å². The third-order valence-electron chi connectivity index (χ3n) is 13.2. The predicted octanol–water partition coefficient (Wildman–Crippen LogP) is 17.3. The van der Waals surface area contributed by atoms with Crippen molar-refractivity contribution >= 4 is 27.8 Å². The first-order chi connectivity index (χ1) is 34.4. The van der Waals surface area contributed by atoms with E-state index in [-0.39, 0.29) is 35.4 Å². The molecule has 0 fully saturated rings. The number of fused-ring (bicyclic) bond motifs is 4. The zero-order valence-corrected chi connectivity index (χ0v) is 36.1. The van der Waals surface area contributed by atoms with Crippen LogP contribution in [0.25, 0.3) is 66.4 Å². The minimum atomic E-state index is -0.697. The summed E-state index contributed by atoms with van der Waals surface area (Å²) in [5, 5.41) is 2.39. The second-order valence-corrected chi connectivity index (χ2v) is 16.9. The molecule has 0 saturated carbocycles. The molecular formula is C65H45N. The van der Waals surface area contributed by atoms with E-state index in [2.05, 4.69) is 182 Å². The van der Waals surface area contributed by atoms with E-state index >= 15 is 0 Å². The monoisotopic (exact) mass is 843 g/mol. The van der Waals surface area contributed by atoms with Gasteiger partial charge in [0.1, 0.15) is 0 Å². The van der Waals surface area contributed by atoms with E-state index in [1.54, 1.807) is 0 Å². The molecule has 1 heteroatoms. The molecule has 0 N–H and O–H groups in total. The summed E-state index contributed by atoms with van der Waals surface area (Å²) in [4.78, 5) is 1.92. The Labute approximate surface area is 392 Å². The lowest BCUT2D eigenvalue weighted by atomic mass is 9.67. The van der Waals surface area contributed by atoms with Crippen molar-refractivity contribution < 1.29 is 5.48 Å². The van der Waals surface area contributed by atoms with Gasteiger partial charge in [0.05, 0.1) is 10.9 Å². The predicted molar refractivity (Wildman–Crippen MR) is 278 cm³/mol. The highest BCUT2D eigenvalue weighted by Gasteiger charge is 2.46. The highest BCUT2D eigenvalue weighted by atomic mass is 15.1. The Bertz CT molecular complexity index is 3680. The van der Waals surface area contributed by atoms with Gasteiger partial charge in [-0.05, 0) is 137 Å². The lowest BCUT2D eigenvalue weighted by molar-refractivity contribution is 0.768. The smallest absolute Gasteiger partial charge is 0.0714 e. The maximum Gasteiger partial charge on any atom is 0.0714 e. The van der Waals surface area contributed by atoms with Gasteiger partial charge in [-0.1, -0.05) is 224 Å². The molecule has 0 spiro atoms. The Morgan fingerprint density at radius 2 is 0.773 bits per heavy atom. The summed E-state index contributed by atoms with van der Waals surface area (Å²) in [7, 11) is 0. The van der Waals surface area contributed by atoms with Gasteiger partial charge in [0.2, 0.25) is 0 Å². The molecule has 1 aliphatic rings. The Kier molecular flexibility index (Phi) is 8.75. The molecule has 1 aliphatic carbocycles. The summed E-state index contributed by atoms with van der Waals surface area (Å²) in [5.41, 5.74) is 14.8. The standard InChI is InChI=1S/C65H45N/c1-4-17-46(18-5-1)50-21-14-22-51(43-50)47-33-37-56(38-34-47)66(57-39-35-48(36-40-57)52-23-15-24-53(44-52)60-31-16-20-49-19-10-11-29-59(49)60)58-41-42-62-61-30-12-13-32-63(61)65(64(62)45-58,54-25-6-2-7-26-54)55-27-8-3-9-28-55/h1-45H/i33D,34D,37D,38D. The van der Waals surface area contributed by atoms with E-state index in [1.807, 2.05) is 71.6 Å². The third-order valence-corrected chi connectivity index (χ3v) is 13.2. The Morgan fingerprint density at radius 3 is 1.48 bits per heavy atom. The molecule has 0 aromatic heterocycles. The van der Waals surface area contributed by atoms with Crippen molar-refractivity contribution in [2.45, 2.75) is 5.41 Å². The van der Waals surface area contributed by atoms with E-state index in [0.717, 1.165) is 55.6 Å². The van der Waals surface area contributed by atoms with Gasteiger partial charge >= 0.3 is 0 Å². The molecule has 0 bridgehead atoms. The Morgan fingerprint density at radius 1 is 0.288 bits per heavy atom. The zero-order chi connectivity index (χ0) is 47.3. The minimum Gasteiger partial charge on any atom is -0.310 e. The van der Waals surface area contributed by atoms with Crippen molar-refractivity contribution in [3.05, 3.63) is 295 Å². The molecule has 0 unspecified atom stereocenters. The van der Waals surface area contributed by atoms with Gasteiger partial charge in [-0.3, -0.25) is 0 Å². The van der Waals surface area contributed by atoms with Crippen LogP contribution in [-0.4, -0.2) is 0 Å². The van der Waals surface area contributed by atoms with Crippen molar-refractivity contribution in [1.82, 2.24) is 0 Å². The lowest BCUT2D eigenvalue weighted by Crippen LogP contribution is -2.28. The van der Waals surface area contributed by atoms with Crippen LogP contribution in [-0.2, 0) is 5.41 Å². The highest BCUT2D eigenvalue weighted by molar-refractivity contribution is 5.97. The largest absolute Gasteiger partial charge is 0.310 e. The van der Waals surface area contributed by atoms with Crippen LogP contribution in [0.15, 0.2) is 273 Å². The highest BCUT2D eigenvalue weighted by Crippen LogP contribution is 2.57. The number of hydrogen-bond donors (Lipinski definition) is 0. The van der Waals surface area contributed by atoms with Gasteiger partial charge < -0.3 is 4.90 Å². The maximum absolute atomic E-state index is 9.88. The third kappa shape index (κ3) is 6.73. The van der Waals surface area contributed by atoms with Crippen molar-refractivity contribution in [1.29, 1.82) is 0 Å². The molecular weight excluding hydrogens is 795 g/mol. The van der Waals surface area contributed by atoms with Gasteiger partial charge in [0.15, 0.2) is 0 Å². The summed E-state index contributed by atoms with van der Waals surface area (Å²) < 4.78 is 39.1. The Balaban J connectivity index is 1.05. The summed E-state index contributed by atoms with van der Waals surface area (Å²) in [6, 6.07) is 85.4. The summed E-state index contributed by atoms with van der Waals surface area (Å²) >= 11 is 0. The van der Waals surface area contributed by atoms with Crippen LogP contribution in [0.4, 0.5) is 17.1 Å². The first-order valence-electron chi connectivity index (χ1n) is 24.5. The molecule has 1 nitrogen and oxygen atoms in total. The minimum absolute atomic E-state index is 0.107. The van der Waals surface area contributed by atoms with Crippen LogP contribution in [0.1, 0.15) is 27.7 Å². The van der Waals surface area contributed by atoms with Crippen molar-refractivity contribution in [3.8, 4) is 55.6 Å². The first-order valence-corrected chi connectivity index (χ1v) is 22.5. The molecule has 0 atom stereocenters. The van der Waals surface area contributed by atoms with E-state index in [9.17, 15) is 5.48 Å². The fourth-order valence-electron chi connectivity index (χ4n) is 10.2. The lowest BCUT2D eigenvalue weighted by Gasteiger charge is -2.35. The van der Waals surface area contributed by atoms with E-state index in [4.69, 9.17) is 0 Å². The molecule has 0 saturated heterocycles. The van der Waals surface area contributed by atoms with Crippen molar-refractivity contribution in [2.24, 2.45) is 0 Å². The number of nitrogens with zero attached hydrogens (tertiary/aromatic N) is 1. The normalized spacial score (nSPS) is 13.2. The summed E-state index contributed by atoms with van der Waals surface area (Å²) in [6.07, 6.45) is 0. The van der Waals surface area contributed by atoms with E-state index in [0.29, 0.717) is 16.9 Å². The second-order valence-electron chi connectivity index (χ2n) is 16.9. The Hall–Kier alpha value is -8.52. The van der Waals surface area contributed by atoms with Gasteiger partial charge in [0, 0.05) is 17.1 Å². The van der Waals surface area contributed by atoms with Crippen LogP contribution >= 0.6 is 0 Å². The second kappa shape index (κ2) is 16.6. The molecule has 11 aromatic carbocycles. The quantitative estimate of drug-likeness (QED) is 0.140. The fourth-order valence-corrected chi connectivity index (χ4v) is 10.2. The molecule has 0 heterocycles. The van der Waals surface area contributed by atoms with Crippen LogP contribution in [0.3, 0.4) is 0 Å². The zero-order valence-electron chi connectivity index (χ0n) is 40.1. The fraction of sp³-hybridized carbons (Fsp3) is 0.0154. The van der Waals surface area contributed by atoms with Crippen LogP contribution in [0.2, 0.25) is 0 Å². The average molecular weight is 844 g/mol. The van der Waals surface area contributed by atoms with Gasteiger partial charge in [-0.15, -0.1) is 0 Å². The van der Waals surface area contributed by atoms with Gasteiger partial charge in [-0.2, -0.15) is 0 Å². The maximum atomic E-state index is 9.88. The molecule has 0 radical (unpaired) electrons. The molecule has 12 rings (SSSR count). The van der Waals surface area contributed by atoms with Gasteiger partial charge in [-0.25, -0.2) is 0 Å². The van der Waals surface area contributed by atoms with Crippen LogP contribution in [0.5, 0.6) is 0 Å². The number of anilines is 3. The summed E-state index contributed by atoms with van der Waals surface area (Å²) in [6.45, 7) is 0. The number of rotatable bonds is 9. The average Bonchev–Trinajstić information content (AvgIpc) is 3.72. The molecule has 66 heavy (non-hydrogen) atoms. The summed E-state index contributed by atoms with van der Waals surface area (Å²) in [5.74, 6) is 0. The van der Waals surface area contributed by atoms with E-state index < -0.39 is 5.41 Å². The molecule has 0 aliphatic heterocycles. The number of benzene rings is 11. The van der Waals surface area contributed by atoms with Crippen molar-refractivity contribution in [2.75, 3.05) is 4.90 Å². The molecule has 0 amide bonds. The van der Waals surface area contributed by atoms with Crippen molar-refractivity contribution in [3.63, 3.8) is 0 Å². The van der Waals surface area contributed by atoms with Gasteiger partial charge in [0.25, 0.3) is 0 Å². The SMILES string of the molecule is [2H]c1c([2H])c(N(c2ccc(-c3cccc(-c4cccc5ccccc45)c3)cc2)c2ccc3c(c2)C(c2ccccc2)(c2ccccc2)c2ccccc2-3)c([2H])c([2H])c1-c1cccc(-c2ccccc2)c1. The topological polar surface area (TPSA) is 3.24 Å². The van der Waals surface area contributed by atoms with E-state index in [1.165, 1.54) is 21.9 Å². The first kappa shape index (κ1) is 34.9.